The molecular weight excluding hydrogens is 254 g/mol. The molecule has 5 nitrogen and oxygen atoms in total. The van der Waals surface area contributed by atoms with Gasteiger partial charge in [-0.25, -0.2) is 0 Å². The van der Waals surface area contributed by atoms with E-state index in [1.165, 1.54) is 0 Å². The molecule has 2 aliphatic rings. The van der Waals surface area contributed by atoms with Crippen LogP contribution in [-0.4, -0.2) is 60.9 Å². The van der Waals surface area contributed by atoms with E-state index in [2.05, 4.69) is 12.2 Å². The molecule has 0 radical (unpaired) electrons. The second-order valence-electron chi connectivity index (χ2n) is 6.08. The number of amides is 2. The first kappa shape index (κ1) is 15.3. The van der Waals surface area contributed by atoms with Crippen LogP contribution in [0.15, 0.2) is 0 Å². The second-order valence-corrected chi connectivity index (χ2v) is 6.08. The molecule has 0 atom stereocenters. The summed E-state index contributed by atoms with van der Waals surface area (Å²) in [4.78, 5) is 28.1. The number of piperazine rings is 1. The molecule has 1 N–H and O–H groups in total. The summed E-state index contributed by atoms with van der Waals surface area (Å²) in [5.41, 5.74) is -0.154. The molecule has 2 rings (SSSR count). The van der Waals surface area contributed by atoms with Gasteiger partial charge in [0.05, 0.1) is 5.41 Å². The van der Waals surface area contributed by atoms with Crippen molar-refractivity contribution in [2.24, 2.45) is 5.41 Å². The van der Waals surface area contributed by atoms with E-state index < -0.39 is 0 Å². The highest BCUT2D eigenvalue weighted by atomic mass is 16.2. The Morgan fingerprint density at radius 2 is 1.60 bits per heavy atom. The van der Waals surface area contributed by atoms with Crippen molar-refractivity contribution in [3.8, 4) is 0 Å². The fourth-order valence-electron chi connectivity index (χ4n) is 3.51. The molecule has 114 valence electrons. The monoisotopic (exact) mass is 281 g/mol. The van der Waals surface area contributed by atoms with Gasteiger partial charge in [0, 0.05) is 33.1 Å². The molecule has 2 amide bonds. The summed E-state index contributed by atoms with van der Waals surface area (Å²) in [7, 11) is 0. The first-order valence-electron chi connectivity index (χ1n) is 7.85. The lowest BCUT2D eigenvalue weighted by Crippen LogP contribution is -2.55. The van der Waals surface area contributed by atoms with Gasteiger partial charge >= 0.3 is 0 Å². The number of hydrogen-bond donors (Lipinski definition) is 1. The minimum absolute atomic E-state index is 0.113. The summed E-state index contributed by atoms with van der Waals surface area (Å²) in [6, 6.07) is 0. The van der Waals surface area contributed by atoms with E-state index in [-0.39, 0.29) is 11.3 Å². The number of rotatable bonds is 3. The summed E-state index contributed by atoms with van der Waals surface area (Å²) in [5, 5.41) is 3.35. The highest BCUT2D eigenvalue weighted by Crippen LogP contribution is 2.36. The van der Waals surface area contributed by atoms with Crippen molar-refractivity contribution in [1.29, 1.82) is 0 Å². The maximum atomic E-state index is 12.9. The van der Waals surface area contributed by atoms with Crippen LogP contribution in [0.1, 0.15) is 39.5 Å². The molecule has 5 heteroatoms. The van der Waals surface area contributed by atoms with Gasteiger partial charge in [0.1, 0.15) is 0 Å². The Morgan fingerprint density at radius 3 is 2.10 bits per heavy atom. The fourth-order valence-corrected chi connectivity index (χ4v) is 3.51. The van der Waals surface area contributed by atoms with Gasteiger partial charge in [-0.05, 0) is 32.4 Å². The van der Waals surface area contributed by atoms with Gasteiger partial charge in [-0.15, -0.1) is 0 Å². The van der Waals surface area contributed by atoms with Gasteiger partial charge < -0.3 is 15.1 Å². The zero-order valence-electron chi connectivity index (χ0n) is 12.8. The van der Waals surface area contributed by atoms with E-state index in [4.69, 9.17) is 0 Å². The van der Waals surface area contributed by atoms with Crippen molar-refractivity contribution in [2.75, 3.05) is 39.3 Å². The van der Waals surface area contributed by atoms with Crippen molar-refractivity contribution in [3.63, 3.8) is 0 Å². The second kappa shape index (κ2) is 6.57. The maximum absolute atomic E-state index is 12.9. The van der Waals surface area contributed by atoms with Crippen molar-refractivity contribution >= 4 is 11.8 Å². The van der Waals surface area contributed by atoms with Crippen LogP contribution in [0, 0.1) is 5.41 Å². The molecule has 0 spiro atoms. The lowest BCUT2D eigenvalue weighted by atomic mass is 9.74. The first-order chi connectivity index (χ1) is 9.59. The van der Waals surface area contributed by atoms with Crippen molar-refractivity contribution in [3.05, 3.63) is 0 Å². The number of nitrogens with zero attached hydrogens (tertiary/aromatic N) is 2. The van der Waals surface area contributed by atoms with Crippen LogP contribution in [0.25, 0.3) is 0 Å². The summed E-state index contributed by atoms with van der Waals surface area (Å²) in [6.45, 7) is 8.39. The zero-order valence-corrected chi connectivity index (χ0v) is 12.8. The average molecular weight is 281 g/mol. The van der Waals surface area contributed by atoms with Gasteiger partial charge in [0.25, 0.3) is 0 Å². The number of piperidine rings is 1. The Morgan fingerprint density at radius 1 is 1.05 bits per heavy atom. The normalized spacial score (nSPS) is 22.7. The maximum Gasteiger partial charge on any atom is 0.229 e. The summed E-state index contributed by atoms with van der Waals surface area (Å²) in [5.74, 6) is 0.436. The van der Waals surface area contributed by atoms with E-state index in [0.717, 1.165) is 38.8 Å². The highest BCUT2D eigenvalue weighted by molar-refractivity contribution is 5.83. The number of carbonyl (C=O) groups excluding carboxylic acids is 2. The lowest BCUT2D eigenvalue weighted by Gasteiger charge is -2.43. The standard InChI is InChI=1S/C15H27N3O2/c1-3-4-15(5-7-16-8-6-15)14(20)18-11-9-17(10-12-18)13(2)19/h16H,3-12H2,1-2H3. The van der Waals surface area contributed by atoms with Crippen LogP contribution in [0.5, 0.6) is 0 Å². The van der Waals surface area contributed by atoms with E-state index in [9.17, 15) is 9.59 Å². The van der Waals surface area contributed by atoms with Gasteiger partial charge in [-0.2, -0.15) is 0 Å². The molecule has 0 aromatic heterocycles. The first-order valence-corrected chi connectivity index (χ1v) is 7.85. The molecule has 0 bridgehead atoms. The molecule has 2 aliphatic heterocycles. The van der Waals surface area contributed by atoms with Gasteiger partial charge in [-0.1, -0.05) is 13.3 Å². The Hall–Kier alpha value is -1.10. The SMILES string of the molecule is CCCC1(C(=O)N2CCN(C(C)=O)CC2)CCNCC1. The Kier molecular flexibility index (Phi) is 5.02. The van der Waals surface area contributed by atoms with Crippen LogP contribution in [-0.2, 0) is 9.59 Å². The van der Waals surface area contributed by atoms with E-state index in [1.807, 2.05) is 9.80 Å². The van der Waals surface area contributed by atoms with Crippen molar-refractivity contribution < 1.29 is 9.59 Å². The number of nitrogens with one attached hydrogen (secondary N) is 1. The molecule has 0 saturated carbocycles. The molecule has 0 aromatic carbocycles. The van der Waals surface area contributed by atoms with Crippen LogP contribution >= 0.6 is 0 Å². The van der Waals surface area contributed by atoms with Gasteiger partial charge in [0.2, 0.25) is 11.8 Å². The number of carbonyl (C=O) groups is 2. The molecule has 2 heterocycles. The number of hydrogen-bond acceptors (Lipinski definition) is 3. The fraction of sp³-hybridized carbons (Fsp3) is 0.867. The zero-order chi connectivity index (χ0) is 14.6. The molecule has 0 aliphatic carbocycles. The molecule has 20 heavy (non-hydrogen) atoms. The topological polar surface area (TPSA) is 52.7 Å². The molecule has 2 saturated heterocycles. The Labute approximate surface area is 121 Å². The summed E-state index contributed by atoms with van der Waals surface area (Å²) >= 11 is 0. The minimum atomic E-state index is -0.154. The van der Waals surface area contributed by atoms with E-state index in [1.54, 1.807) is 6.92 Å². The third kappa shape index (κ3) is 3.14. The van der Waals surface area contributed by atoms with Gasteiger partial charge in [0.15, 0.2) is 0 Å². The largest absolute Gasteiger partial charge is 0.339 e. The quantitative estimate of drug-likeness (QED) is 0.834. The third-order valence-corrected chi connectivity index (χ3v) is 4.76. The highest BCUT2D eigenvalue weighted by Gasteiger charge is 2.41. The molecule has 0 aromatic rings. The van der Waals surface area contributed by atoms with E-state index >= 15 is 0 Å². The smallest absolute Gasteiger partial charge is 0.229 e. The van der Waals surface area contributed by atoms with E-state index in [0.29, 0.717) is 32.1 Å². The van der Waals surface area contributed by atoms with Crippen LogP contribution < -0.4 is 5.32 Å². The molecule has 0 unspecified atom stereocenters. The average Bonchev–Trinajstić information content (AvgIpc) is 2.48. The Bertz CT molecular complexity index is 351. The predicted molar refractivity (Wildman–Crippen MR) is 78.3 cm³/mol. The van der Waals surface area contributed by atoms with Crippen molar-refractivity contribution in [1.82, 2.24) is 15.1 Å². The third-order valence-electron chi connectivity index (χ3n) is 4.76. The molecule has 2 fully saturated rings. The van der Waals surface area contributed by atoms with Crippen molar-refractivity contribution in [2.45, 2.75) is 39.5 Å². The summed E-state index contributed by atoms with van der Waals surface area (Å²) in [6.07, 6.45) is 3.94. The van der Waals surface area contributed by atoms with Gasteiger partial charge in [-0.3, -0.25) is 9.59 Å². The Balaban J connectivity index is 2.00. The van der Waals surface area contributed by atoms with Crippen LogP contribution in [0.3, 0.4) is 0 Å². The predicted octanol–water partition coefficient (Wildman–Crippen LogP) is 0.847. The summed E-state index contributed by atoms with van der Waals surface area (Å²) < 4.78 is 0. The molecular formula is C15H27N3O2. The van der Waals surface area contributed by atoms with Crippen LogP contribution in [0.2, 0.25) is 0 Å². The van der Waals surface area contributed by atoms with Crippen LogP contribution in [0.4, 0.5) is 0 Å². The minimum Gasteiger partial charge on any atom is -0.339 e. The lowest BCUT2D eigenvalue weighted by molar-refractivity contribution is -0.148.